The smallest absolute Gasteiger partial charge is 0.226 e. The molecular formula is C14H22N2O2. The summed E-state index contributed by atoms with van der Waals surface area (Å²) >= 11 is 0. The second kappa shape index (κ2) is 6.05. The van der Waals surface area contributed by atoms with Crippen LogP contribution in [0.25, 0.3) is 0 Å². The molecule has 0 saturated heterocycles. The summed E-state index contributed by atoms with van der Waals surface area (Å²) in [4.78, 5) is 14.3. The zero-order valence-corrected chi connectivity index (χ0v) is 11.0. The number of nitrogens with zero attached hydrogens (tertiary/aromatic N) is 1. The van der Waals surface area contributed by atoms with Crippen molar-refractivity contribution in [2.75, 3.05) is 6.54 Å². The molecule has 2 N–H and O–H groups in total. The number of nitrogens with two attached hydrogens (primary N) is 1. The number of hydrogen-bond acceptors (Lipinski definition) is 3. The molecule has 1 aliphatic rings. The Balaban J connectivity index is 1.96. The van der Waals surface area contributed by atoms with Gasteiger partial charge in [0, 0.05) is 30.6 Å². The third-order valence-electron chi connectivity index (χ3n) is 3.71. The van der Waals surface area contributed by atoms with Gasteiger partial charge in [0.05, 0.1) is 12.5 Å². The summed E-state index contributed by atoms with van der Waals surface area (Å²) in [6, 6.07) is 2.10. The second-order valence-corrected chi connectivity index (χ2v) is 5.11. The van der Waals surface area contributed by atoms with Crippen LogP contribution >= 0.6 is 0 Å². The standard InChI is InChI=1S/C14H22N2O2/c1-2-16(9-11-6-7-18-10-11)14(17)12-4-3-5-13(15)8-12/h6-7,10,12-13H,2-5,8-9,15H2,1H3/t12-,13-/m1/s1. The summed E-state index contributed by atoms with van der Waals surface area (Å²) < 4.78 is 5.04. The number of rotatable bonds is 4. The van der Waals surface area contributed by atoms with Crippen LogP contribution in [0.5, 0.6) is 0 Å². The van der Waals surface area contributed by atoms with E-state index in [1.54, 1.807) is 12.5 Å². The Morgan fingerprint density at radius 3 is 3.00 bits per heavy atom. The van der Waals surface area contributed by atoms with Crippen LogP contribution in [-0.4, -0.2) is 23.4 Å². The fraction of sp³-hybridized carbons (Fsp3) is 0.643. The van der Waals surface area contributed by atoms with E-state index in [2.05, 4.69) is 0 Å². The molecule has 0 aromatic carbocycles. The van der Waals surface area contributed by atoms with Crippen molar-refractivity contribution in [1.29, 1.82) is 0 Å². The van der Waals surface area contributed by atoms with E-state index >= 15 is 0 Å². The molecule has 0 radical (unpaired) electrons. The fourth-order valence-corrected chi connectivity index (χ4v) is 2.66. The lowest BCUT2D eigenvalue weighted by Gasteiger charge is -2.30. The first-order chi connectivity index (χ1) is 8.70. The molecule has 2 rings (SSSR count). The number of amides is 1. The molecule has 0 unspecified atom stereocenters. The first-order valence-corrected chi connectivity index (χ1v) is 6.76. The van der Waals surface area contributed by atoms with E-state index in [-0.39, 0.29) is 17.9 Å². The molecule has 4 heteroatoms. The van der Waals surface area contributed by atoms with E-state index in [4.69, 9.17) is 10.2 Å². The predicted octanol–water partition coefficient (Wildman–Crippen LogP) is 2.15. The van der Waals surface area contributed by atoms with Crippen molar-refractivity contribution in [3.05, 3.63) is 24.2 Å². The second-order valence-electron chi connectivity index (χ2n) is 5.11. The van der Waals surface area contributed by atoms with Crippen LogP contribution in [0.1, 0.15) is 38.2 Å². The highest BCUT2D eigenvalue weighted by Crippen LogP contribution is 2.25. The van der Waals surface area contributed by atoms with Crippen molar-refractivity contribution in [2.24, 2.45) is 11.7 Å². The first-order valence-electron chi connectivity index (χ1n) is 6.76. The molecule has 1 heterocycles. The molecule has 1 aromatic rings. The summed E-state index contributed by atoms with van der Waals surface area (Å²) in [5.41, 5.74) is 7.00. The molecule has 100 valence electrons. The maximum atomic E-state index is 12.4. The Bertz CT molecular complexity index is 375. The van der Waals surface area contributed by atoms with Crippen molar-refractivity contribution in [2.45, 2.75) is 45.2 Å². The number of carbonyl (C=O) groups is 1. The predicted molar refractivity (Wildman–Crippen MR) is 69.7 cm³/mol. The number of furan rings is 1. The van der Waals surface area contributed by atoms with E-state index in [1.165, 1.54) is 0 Å². The van der Waals surface area contributed by atoms with Crippen LogP contribution in [0.3, 0.4) is 0 Å². The van der Waals surface area contributed by atoms with Crippen molar-refractivity contribution in [1.82, 2.24) is 4.90 Å². The van der Waals surface area contributed by atoms with E-state index in [0.717, 1.165) is 37.8 Å². The molecule has 1 fully saturated rings. The molecule has 1 aliphatic carbocycles. The average Bonchev–Trinajstić information content (AvgIpc) is 2.88. The van der Waals surface area contributed by atoms with Crippen LogP contribution in [-0.2, 0) is 11.3 Å². The maximum Gasteiger partial charge on any atom is 0.226 e. The third-order valence-corrected chi connectivity index (χ3v) is 3.71. The fourth-order valence-electron chi connectivity index (χ4n) is 2.66. The Kier molecular flexibility index (Phi) is 4.42. The van der Waals surface area contributed by atoms with Gasteiger partial charge in [-0.15, -0.1) is 0 Å². The molecular weight excluding hydrogens is 228 g/mol. The van der Waals surface area contributed by atoms with Crippen LogP contribution < -0.4 is 5.73 Å². The highest BCUT2D eigenvalue weighted by Gasteiger charge is 2.28. The molecule has 0 bridgehead atoms. The van der Waals surface area contributed by atoms with Gasteiger partial charge in [0.2, 0.25) is 5.91 Å². The third kappa shape index (κ3) is 3.13. The highest BCUT2D eigenvalue weighted by molar-refractivity contribution is 5.79. The Morgan fingerprint density at radius 1 is 1.56 bits per heavy atom. The van der Waals surface area contributed by atoms with Crippen LogP contribution in [0.4, 0.5) is 0 Å². The van der Waals surface area contributed by atoms with E-state index in [0.29, 0.717) is 6.54 Å². The van der Waals surface area contributed by atoms with Crippen LogP contribution in [0.15, 0.2) is 23.0 Å². The molecule has 2 atom stereocenters. The maximum absolute atomic E-state index is 12.4. The van der Waals surface area contributed by atoms with Gasteiger partial charge in [-0.25, -0.2) is 0 Å². The minimum Gasteiger partial charge on any atom is -0.472 e. The number of hydrogen-bond donors (Lipinski definition) is 1. The summed E-state index contributed by atoms with van der Waals surface area (Å²) in [5, 5.41) is 0. The highest BCUT2D eigenvalue weighted by atomic mass is 16.3. The first kappa shape index (κ1) is 13.1. The van der Waals surface area contributed by atoms with E-state index < -0.39 is 0 Å². The topological polar surface area (TPSA) is 59.5 Å². The van der Waals surface area contributed by atoms with Crippen LogP contribution in [0, 0.1) is 5.92 Å². The lowest BCUT2D eigenvalue weighted by Crippen LogP contribution is -2.40. The van der Waals surface area contributed by atoms with Gasteiger partial charge in [-0.2, -0.15) is 0 Å². The Labute approximate surface area is 108 Å². The Hall–Kier alpha value is -1.29. The number of carbonyl (C=O) groups excluding carboxylic acids is 1. The molecule has 1 amide bonds. The molecule has 0 aliphatic heterocycles. The van der Waals surface area contributed by atoms with Crippen molar-refractivity contribution in [3.63, 3.8) is 0 Å². The SMILES string of the molecule is CCN(Cc1ccoc1)C(=O)[C@@H]1CCC[C@@H](N)C1. The van der Waals surface area contributed by atoms with E-state index in [9.17, 15) is 4.79 Å². The monoisotopic (exact) mass is 250 g/mol. The van der Waals surface area contributed by atoms with Gasteiger partial charge in [-0.1, -0.05) is 6.42 Å². The summed E-state index contributed by atoms with van der Waals surface area (Å²) in [6.45, 7) is 3.38. The average molecular weight is 250 g/mol. The molecule has 4 nitrogen and oxygen atoms in total. The van der Waals surface area contributed by atoms with Crippen molar-refractivity contribution >= 4 is 5.91 Å². The lowest BCUT2D eigenvalue weighted by molar-refractivity contribution is -0.137. The van der Waals surface area contributed by atoms with Gasteiger partial charge < -0.3 is 15.1 Å². The van der Waals surface area contributed by atoms with E-state index in [1.807, 2.05) is 17.9 Å². The minimum absolute atomic E-state index is 0.112. The Morgan fingerprint density at radius 2 is 2.39 bits per heavy atom. The van der Waals surface area contributed by atoms with Crippen LogP contribution in [0.2, 0.25) is 0 Å². The quantitative estimate of drug-likeness (QED) is 0.890. The van der Waals surface area contributed by atoms with Gasteiger partial charge in [0.15, 0.2) is 0 Å². The van der Waals surface area contributed by atoms with Gasteiger partial charge in [0.25, 0.3) is 0 Å². The minimum atomic E-state index is 0.112. The van der Waals surface area contributed by atoms with Gasteiger partial charge >= 0.3 is 0 Å². The normalized spacial score (nSPS) is 23.9. The summed E-state index contributed by atoms with van der Waals surface area (Å²) in [7, 11) is 0. The summed E-state index contributed by atoms with van der Waals surface area (Å²) in [6.07, 6.45) is 7.28. The van der Waals surface area contributed by atoms with Gasteiger partial charge in [-0.05, 0) is 32.3 Å². The molecule has 0 spiro atoms. The van der Waals surface area contributed by atoms with Gasteiger partial charge in [-0.3, -0.25) is 4.79 Å². The molecule has 1 saturated carbocycles. The summed E-state index contributed by atoms with van der Waals surface area (Å²) in [5.74, 6) is 0.356. The van der Waals surface area contributed by atoms with Crippen molar-refractivity contribution < 1.29 is 9.21 Å². The molecule has 18 heavy (non-hydrogen) atoms. The van der Waals surface area contributed by atoms with Gasteiger partial charge in [0.1, 0.15) is 0 Å². The lowest BCUT2D eigenvalue weighted by atomic mass is 9.85. The molecule has 1 aromatic heterocycles. The van der Waals surface area contributed by atoms with Crippen molar-refractivity contribution in [3.8, 4) is 0 Å². The zero-order valence-electron chi connectivity index (χ0n) is 11.0. The zero-order chi connectivity index (χ0) is 13.0. The largest absolute Gasteiger partial charge is 0.472 e.